The molecule has 122 valence electrons. The molecule has 1 aliphatic carbocycles. The average molecular weight is 335 g/mol. The Morgan fingerprint density at radius 1 is 1.17 bits per heavy atom. The second-order valence-electron chi connectivity index (χ2n) is 5.76. The third-order valence-electron chi connectivity index (χ3n) is 4.40. The molecule has 4 rings (SSSR count). The molecule has 1 aromatic heterocycles. The van der Waals surface area contributed by atoms with E-state index in [1.807, 2.05) is 0 Å². The Balaban J connectivity index is 1.91. The largest absolute Gasteiger partial charge is 0.370 e. The Morgan fingerprint density at radius 2 is 1.96 bits per heavy atom. The highest BCUT2D eigenvalue weighted by atomic mass is 32.2. The highest BCUT2D eigenvalue weighted by Gasteiger charge is 2.44. The van der Waals surface area contributed by atoms with Crippen LogP contribution in [0.1, 0.15) is 30.2 Å². The molecule has 1 fully saturated rings. The van der Waals surface area contributed by atoms with Gasteiger partial charge in [-0.05, 0) is 24.6 Å². The summed E-state index contributed by atoms with van der Waals surface area (Å²) >= 11 is 0. The number of nitrogens with zero attached hydrogens (tertiary/aromatic N) is 1. The highest BCUT2D eigenvalue weighted by Crippen LogP contribution is 2.45. The van der Waals surface area contributed by atoms with Gasteiger partial charge in [0.2, 0.25) is 0 Å². The zero-order valence-electron chi connectivity index (χ0n) is 12.4. The number of ether oxygens (including phenoxy) is 2. The van der Waals surface area contributed by atoms with Crippen LogP contribution in [-0.4, -0.2) is 30.7 Å². The van der Waals surface area contributed by atoms with Crippen molar-refractivity contribution in [2.75, 3.05) is 13.2 Å². The molecule has 7 heteroatoms. The minimum absolute atomic E-state index is 0.198. The third kappa shape index (κ3) is 2.23. The molecule has 2 heterocycles. The predicted molar refractivity (Wildman–Crippen MR) is 81.2 cm³/mol. The summed E-state index contributed by atoms with van der Waals surface area (Å²) in [7, 11) is -3.74. The summed E-state index contributed by atoms with van der Waals surface area (Å²) in [6, 6.07) is 9.83. The first-order chi connectivity index (χ1) is 11.0. The SMILES string of the molecule is O=S(=O)(c1ccccc1)n1ccc2c1C1CCC2(O)OCCO1. The number of benzene rings is 1. The van der Waals surface area contributed by atoms with Crippen LogP contribution >= 0.6 is 0 Å². The maximum absolute atomic E-state index is 12.9. The highest BCUT2D eigenvalue weighted by molar-refractivity contribution is 7.90. The Bertz CT molecular complexity index is 829. The smallest absolute Gasteiger partial charge is 0.267 e. The van der Waals surface area contributed by atoms with E-state index in [1.165, 1.54) is 10.2 Å². The van der Waals surface area contributed by atoms with Gasteiger partial charge in [-0.15, -0.1) is 0 Å². The molecule has 2 unspecified atom stereocenters. The molecule has 2 atom stereocenters. The summed E-state index contributed by atoms with van der Waals surface area (Å²) < 4.78 is 38.4. The van der Waals surface area contributed by atoms with Gasteiger partial charge in [-0.25, -0.2) is 12.4 Å². The number of aromatic nitrogens is 1. The monoisotopic (exact) mass is 335 g/mol. The molecule has 0 saturated carbocycles. The first-order valence-electron chi connectivity index (χ1n) is 7.53. The molecular weight excluding hydrogens is 318 g/mol. The molecule has 2 aliphatic rings. The zero-order chi connectivity index (χ0) is 16.1. The van der Waals surface area contributed by atoms with E-state index in [-0.39, 0.29) is 17.6 Å². The van der Waals surface area contributed by atoms with Crippen LogP contribution in [0.2, 0.25) is 0 Å². The van der Waals surface area contributed by atoms with Crippen LogP contribution in [0.5, 0.6) is 0 Å². The minimum atomic E-state index is -3.74. The summed E-state index contributed by atoms with van der Waals surface area (Å²) in [5.41, 5.74) is 0.940. The number of hydrogen-bond donors (Lipinski definition) is 1. The second kappa shape index (κ2) is 5.17. The number of fused-ring (bicyclic) bond motifs is 6. The summed E-state index contributed by atoms with van der Waals surface area (Å²) in [4.78, 5) is 0.198. The molecule has 6 nitrogen and oxygen atoms in total. The van der Waals surface area contributed by atoms with Gasteiger partial charge in [0.25, 0.3) is 10.0 Å². The van der Waals surface area contributed by atoms with Gasteiger partial charge >= 0.3 is 0 Å². The molecule has 2 aromatic rings. The lowest BCUT2D eigenvalue weighted by atomic mass is 9.89. The van der Waals surface area contributed by atoms with E-state index in [4.69, 9.17) is 9.47 Å². The van der Waals surface area contributed by atoms with E-state index < -0.39 is 15.8 Å². The molecule has 23 heavy (non-hydrogen) atoms. The van der Waals surface area contributed by atoms with E-state index in [9.17, 15) is 13.5 Å². The standard InChI is InChI=1S/C16H17NO5S/c18-16-8-6-14(21-10-11-22-16)15-13(16)7-9-17(15)23(19,20)12-4-2-1-3-5-12/h1-5,7,9,14,18H,6,8,10-11H2. The maximum atomic E-state index is 12.9. The van der Waals surface area contributed by atoms with E-state index >= 15 is 0 Å². The van der Waals surface area contributed by atoms with Gasteiger partial charge in [0.05, 0.1) is 29.9 Å². The van der Waals surface area contributed by atoms with Crippen molar-refractivity contribution in [1.29, 1.82) is 0 Å². The van der Waals surface area contributed by atoms with Crippen molar-refractivity contribution in [3.63, 3.8) is 0 Å². The molecule has 1 N–H and O–H groups in total. The lowest BCUT2D eigenvalue weighted by Crippen LogP contribution is -2.39. The van der Waals surface area contributed by atoms with E-state index in [2.05, 4.69) is 0 Å². The molecule has 0 spiro atoms. The quantitative estimate of drug-likeness (QED) is 0.905. The Hall–Kier alpha value is -1.67. The zero-order valence-corrected chi connectivity index (χ0v) is 13.2. The van der Waals surface area contributed by atoms with Crippen LogP contribution in [0.15, 0.2) is 47.5 Å². The fraction of sp³-hybridized carbons (Fsp3) is 0.375. The van der Waals surface area contributed by atoms with E-state index in [0.717, 1.165) is 0 Å². The summed E-state index contributed by atoms with van der Waals surface area (Å²) in [6.45, 7) is 0.603. The Kier molecular flexibility index (Phi) is 3.35. The predicted octanol–water partition coefficient (Wildman–Crippen LogP) is 1.75. The van der Waals surface area contributed by atoms with Crippen molar-refractivity contribution in [2.45, 2.75) is 29.6 Å². The normalized spacial score (nSPS) is 27.3. The van der Waals surface area contributed by atoms with Crippen molar-refractivity contribution >= 4 is 10.0 Å². The molecule has 2 bridgehead atoms. The van der Waals surface area contributed by atoms with Crippen molar-refractivity contribution in [3.8, 4) is 0 Å². The number of rotatable bonds is 2. The summed E-state index contributed by atoms with van der Waals surface area (Å²) in [5.74, 6) is -1.44. The molecule has 0 radical (unpaired) electrons. The van der Waals surface area contributed by atoms with Gasteiger partial charge < -0.3 is 14.6 Å². The second-order valence-corrected chi connectivity index (χ2v) is 7.57. The van der Waals surface area contributed by atoms with E-state index in [1.54, 1.807) is 36.4 Å². The van der Waals surface area contributed by atoms with Gasteiger partial charge in [-0.1, -0.05) is 18.2 Å². The third-order valence-corrected chi connectivity index (χ3v) is 6.11. The van der Waals surface area contributed by atoms with Crippen LogP contribution in [0.25, 0.3) is 0 Å². The number of aliphatic hydroxyl groups is 1. The molecule has 1 aliphatic heterocycles. The van der Waals surface area contributed by atoms with Gasteiger partial charge in [-0.3, -0.25) is 0 Å². The van der Waals surface area contributed by atoms with Crippen LogP contribution in [0.4, 0.5) is 0 Å². The van der Waals surface area contributed by atoms with Gasteiger partial charge in [-0.2, -0.15) is 0 Å². The first-order valence-corrected chi connectivity index (χ1v) is 8.97. The van der Waals surface area contributed by atoms with Gasteiger partial charge in [0.15, 0.2) is 5.79 Å². The fourth-order valence-corrected chi connectivity index (χ4v) is 4.72. The van der Waals surface area contributed by atoms with Crippen LogP contribution in [-0.2, 0) is 25.3 Å². The Morgan fingerprint density at radius 3 is 2.74 bits per heavy atom. The van der Waals surface area contributed by atoms with Gasteiger partial charge in [0, 0.05) is 18.2 Å². The maximum Gasteiger partial charge on any atom is 0.267 e. The molecular formula is C16H17NO5S. The van der Waals surface area contributed by atoms with Crippen molar-refractivity contribution in [1.82, 2.24) is 3.97 Å². The Labute approximate surface area is 134 Å². The van der Waals surface area contributed by atoms with Crippen molar-refractivity contribution in [3.05, 3.63) is 53.9 Å². The van der Waals surface area contributed by atoms with E-state index in [0.29, 0.717) is 30.7 Å². The fourth-order valence-electron chi connectivity index (χ4n) is 3.30. The molecule has 0 amide bonds. The van der Waals surface area contributed by atoms with Crippen LogP contribution < -0.4 is 0 Å². The topological polar surface area (TPSA) is 77.8 Å². The molecule has 1 saturated heterocycles. The lowest BCUT2D eigenvalue weighted by Gasteiger charge is -2.39. The summed E-state index contributed by atoms with van der Waals surface area (Å²) in [5, 5.41) is 10.7. The molecule has 1 aromatic carbocycles. The number of hydrogen-bond acceptors (Lipinski definition) is 5. The van der Waals surface area contributed by atoms with Crippen molar-refractivity contribution in [2.24, 2.45) is 0 Å². The first kappa shape index (κ1) is 14.9. The van der Waals surface area contributed by atoms with Crippen molar-refractivity contribution < 1.29 is 23.0 Å². The van der Waals surface area contributed by atoms with Gasteiger partial charge in [0.1, 0.15) is 0 Å². The lowest BCUT2D eigenvalue weighted by molar-refractivity contribution is -0.249. The van der Waals surface area contributed by atoms with Crippen LogP contribution in [0.3, 0.4) is 0 Å². The average Bonchev–Trinajstić information content (AvgIpc) is 2.98. The summed E-state index contributed by atoms with van der Waals surface area (Å²) in [6.07, 6.45) is 2.01. The van der Waals surface area contributed by atoms with Crippen LogP contribution in [0, 0.1) is 0 Å². The minimum Gasteiger partial charge on any atom is -0.370 e.